The molecule has 6 heteroatoms. The number of halogens is 1. The molecular weight excluding hydrogens is 360 g/mol. The first-order chi connectivity index (χ1) is 11.2. The Morgan fingerprint density at radius 1 is 1.13 bits per heavy atom. The summed E-state index contributed by atoms with van der Waals surface area (Å²) in [6.45, 7) is 2.28. The zero-order valence-electron chi connectivity index (χ0n) is 12.7. The van der Waals surface area contributed by atoms with E-state index in [0.717, 1.165) is 10.0 Å². The molecule has 0 atom stereocenters. The minimum atomic E-state index is -0.348. The largest absolute Gasteiger partial charge is 0.490 e. The maximum Gasteiger partial charge on any atom is 0.277 e. The zero-order chi connectivity index (χ0) is 16.5. The van der Waals surface area contributed by atoms with Crippen molar-refractivity contribution < 1.29 is 14.3 Å². The van der Waals surface area contributed by atoms with Gasteiger partial charge in [0, 0.05) is 10.0 Å². The summed E-state index contributed by atoms with van der Waals surface area (Å²) in [4.78, 5) is 11.8. The number of rotatable bonds is 7. The molecule has 0 heterocycles. The van der Waals surface area contributed by atoms with Gasteiger partial charge in [-0.3, -0.25) is 4.79 Å². The second-order valence-corrected chi connectivity index (χ2v) is 5.34. The molecule has 0 aliphatic heterocycles. The van der Waals surface area contributed by atoms with Crippen LogP contribution in [-0.4, -0.2) is 25.3 Å². The number of hydrogen-bond acceptors (Lipinski definition) is 4. The summed E-state index contributed by atoms with van der Waals surface area (Å²) < 4.78 is 11.8. The second-order valence-electron chi connectivity index (χ2n) is 4.48. The van der Waals surface area contributed by atoms with Crippen molar-refractivity contribution in [2.75, 3.05) is 13.2 Å². The zero-order valence-corrected chi connectivity index (χ0v) is 14.2. The molecule has 5 nitrogen and oxygen atoms in total. The van der Waals surface area contributed by atoms with Crippen LogP contribution in [0.1, 0.15) is 12.5 Å². The molecule has 0 fully saturated rings. The normalized spacial score (nSPS) is 10.5. The van der Waals surface area contributed by atoms with E-state index in [0.29, 0.717) is 18.1 Å². The lowest BCUT2D eigenvalue weighted by Crippen LogP contribution is -2.24. The average molecular weight is 377 g/mol. The predicted octanol–water partition coefficient (Wildman–Crippen LogP) is 3.38. The SMILES string of the molecule is CCOc1ccccc1OCC(=O)N/N=C/c1ccccc1Br. The topological polar surface area (TPSA) is 59.9 Å². The Morgan fingerprint density at radius 3 is 2.48 bits per heavy atom. The molecule has 0 unspecified atom stereocenters. The van der Waals surface area contributed by atoms with Crippen molar-refractivity contribution in [3.05, 3.63) is 58.6 Å². The van der Waals surface area contributed by atoms with Gasteiger partial charge in [0.2, 0.25) is 0 Å². The van der Waals surface area contributed by atoms with Crippen LogP contribution in [0.2, 0.25) is 0 Å². The molecule has 0 saturated carbocycles. The fraction of sp³-hybridized carbons (Fsp3) is 0.176. The summed E-state index contributed by atoms with van der Waals surface area (Å²) >= 11 is 3.40. The van der Waals surface area contributed by atoms with Crippen LogP contribution >= 0.6 is 15.9 Å². The number of carbonyl (C=O) groups excluding carboxylic acids is 1. The summed E-state index contributed by atoms with van der Waals surface area (Å²) in [5, 5.41) is 3.91. The van der Waals surface area contributed by atoms with Gasteiger partial charge in [0.1, 0.15) is 0 Å². The van der Waals surface area contributed by atoms with Gasteiger partial charge in [-0.15, -0.1) is 0 Å². The van der Waals surface area contributed by atoms with Crippen LogP contribution in [0.4, 0.5) is 0 Å². The first-order valence-electron chi connectivity index (χ1n) is 7.11. The fourth-order valence-electron chi connectivity index (χ4n) is 1.77. The number of nitrogens with one attached hydrogen (secondary N) is 1. The van der Waals surface area contributed by atoms with Crippen LogP contribution < -0.4 is 14.9 Å². The van der Waals surface area contributed by atoms with E-state index in [9.17, 15) is 4.79 Å². The molecule has 2 aromatic rings. The lowest BCUT2D eigenvalue weighted by molar-refractivity contribution is -0.123. The fourth-order valence-corrected chi connectivity index (χ4v) is 2.16. The Balaban J connectivity index is 1.85. The van der Waals surface area contributed by atoms with Crippen molar-refractivity contribution in [3.63, 3.8) is 0 Å². The Bertz CT molecular complexity index is 689. The minimum absolute atomic E-state index is 0.141. The van der Waals surface area contributed by atoms with E-state index < -0.39 is 0 Å². The minimum Gasteiger partial charge on any atom is -0.490 e. The van der Waals surface area contributed by atoms with Crippen molar-refractivity contribution >= 4 is 28.1 Å². The van der Waals surface area contributed by atoms with Gasteiger partial charge in [0.05, 0.1) is 12.8 Å². The van der Waals surface area contributed by atoms with E-state index >= 15 is 0 Å². The number of ether oxygens (including phenoxy) is 2. The molecule has 0 radical (unpaired) electrons. The van der Waals surface area contributed by atoms with E-state index in [1.54, 1.807) is 18.3 Å². The van der Waals surface area contributed by atoms with Gasteiger partial charge in [0.25, 0.3) is 5.91 Å². The van der Waals surface area contributed by atoms with Crippen LogP contribution in [0, 0.1) is 0 Å². The molecule has 0 aromatic heterocycles. The summed E-state index contributed by atoms with van der Waals surface area (Å²) in [5.41, 5.74) is 3.29. The van der Waals surface area contributed by atoms with E-state index in [2.05, 4.69) is 26.5 Å². The number of para-hydroxylation sites is 2. The first-order valence-corrected chi connectivity index (χ1v) is 7.91. The lowest BCUT2D eigenvalue weighted by atomic mass is 10.2. The standard InChI is InChI=1S/C17H17BrN2O3/c1-2-22-15-9-5-6-10-16(15)23-12-17(21)20-19-11-13-7-3-4-8-14(13)18/h3-11H,2,12H2,1H3,(H,20,21)/b19-11+. The number of hydrazone groups is 1. The van der Waals surface area contributed by atoms with Crippen molar-refractivity contribution in [1.82, 2.24) is 5.43 Å². The predicted molar refractivity (Wildman–Crippen MR) is 93.0 cm³/mol. The van der Waals surface area contributed by atoms with Gasteiger partial charge in [0.15, 0.2) is 18.1 Å². The number of benzene rings is 2. The quantitative estimate of drug-likeness (QED) is 0.595. The summed E-state index contributed by atoms with van der Waals surface area (Å²) in [7, 11) is 0. The van der Waals surface area contributed by atoms with Crippen LogP contribution in [0.5, 0.6) is 11.5 Å². The molecular formula is C17H17BrN2O3. The molecule has 23 heavy (non-hydrogen) atoms. The van der Waals surface area contributed by atoms with Gasteiger partial charge in [-0.2, -0.15) is 5.10 Å². The average Bonchev–Trinajstić information content (AvgIpc) is 2.56. The third-order valence-electron chi connectivity index (χ3n) is 2.81. The van der Waals surface area contributed by atoms with Gasteiger partial charge in [-0.1, -0.05) is 46.3 Å². The Kier molecular flexibility index (Phi) is 6.62. The summed E-state index contributed by atoms with van der Waals surface area (Å²) in [6.07, 6.45) is 1.57. The molecule has 0 aliphatic rings. The molecule has 1 amide bonds. The smallest absolute Gasteiger partial charge is 0.277 e. The first kappa shape index (κ1) is 17.0. The third-order valence-corrected chi connectivity index (χ3v) is 3.53. The molecule has 0 bridgehead atoms. The Morgan fingerprint density at radius 2 is 1.78 bits per heavy atom. The van der Waals surface area contributed by atoms with Crippen LogP contribution in [0.25, 0.3) is 0 Å². The van der Waals surface area contributed by atoms with Gasteiger partial charge >= 0.3 is 0 Å². The molecule has 0 spiro atoms. The summed E-state index contributed by atoms with van der Waals surface area (Å²) in [6, 6.07) is 14.8. The highest BCUT2D eigenvalue weighted by Gasteiger charge is 2.06. The molecule has 0 aliphatic carbocycles. The third kappa shape index (κ3) is 5.41. The van der Waals surface area contributed by atoms with Gasteiger partial charge in [-0.05, 0) is 25.1 Å². The molecule has 1 N–H and O–H groups in total. The second kappa shape index (κ2) is 8.95. The highest BCUT2D eigenvalue weighted by molar-refractivity contribution is 9.10. The molecule has 2 rings (SSSR count). The van der Waals surface area contributed by atoms with Crippen molar-refractivity contribution in [2.24, 2.45) is 5.10 Å². The van der Waals surface area contributed by atoms with Gasteiger partial charge < -0.3 is 9.47 Å². The van der Waals surface area contributed by atoms with Crippen molar-refractivity contribution in [1.29, 1.82) is 0 Å². The van der Waals surface area contributed by atoms with E-state index in [4.69, 9.17) is 9.47 Å². The lowest BCUT2D eigenvalue weighted by Gasteiger charge is -2.10. The Hall–Kier alpha value is -2.34. The van der Waals surface area contributed by atoms with E-state index in [1.807, 2.05) is 43.3 Å². The van der Waals surface area contributed by atoms with E-state index in [1.165, 1.54) is 0 Å². The van der Waals surface area contributed by atoms with Crippen molar-refractivity contribution in [2.45, 2.75) is 6.92 Å². The number of hydrogen-bond donors (Lipinski definition) is 1. The maximum atomic E-state index is 11.8. The van der Waals surface area contributed by atoms with Gasteiger partial charge in [-0.25, -0.2) is 5.43 Å². The van der Waals surface area contributed by atoms with E-state index in [-0.39, 0.29) is 12.5 Å². The van der Waals surface area contributed by atoms with Crippen LogP contribution in [0.15, 0.2) is 58.1 Å². The summed E-state index contributed by atoms with van der Waals surface area (Å²) in [5.74, 6) is 0.790. The molecule has 0 saturated heterocycles. The maximum absolute atomic E-state index is 11.8. The highest BCUT2D eigenvalue weighted by Crippen LogP contribution is 2.26. The van der Waals surface area contributed by atoms with Crippen LogP contribution in [0.3, 0.4) is 0 Å². The van der Waals surface area contributed by atoms with Crippen LogP contribution in [-0.2, 0) is 4.79 Å². The Labute approximate surface area is 143 Å². The monoisotopic (exact) mass is 376 g/mol. The number of nitrogens with zero attached hydrogens (tertiary/aromatic N) is 1. The number of amides is 1. The van der Waals surface area contributed by atoms with Crippen molar-refractivity contribution in [3.8, 4) is 11.5 Å². The number of carbonyl (C=O) groups is 1. The molecule has 120 valence electrons. The highest BCUT2D eigenvalue weighted by atomic mass is 79.9. The molecule has 2 aromatic carbocycles.